The van der Waals surface area contributed by atoms with Crippen molar-refractivity contribution < 1.29 is 13.2 Å². The van der Waals surface area contributed by atoms with Crippen molar-refractivity contribution in [3.63, 3.8) is 0 Å². The lowest BCUT2D eigenvalue weighted by molar-refractivity contribution is 0.480. The molecule has 0 unspecified atom stereocenters. The molecule has 18 heavy (non-hydrogen) atoms. The maximum absolute atomic E-state index is 11.8. The average Bonchev–Trinajstić information content (AvgIpc) is 2.40. The standard InChI is InChI=1S/C14H14O3S/c1-2-18(15,16)14-10-6-9-13(11-14)17-12-7-4-3-5-8-12/h3-11H,2H2,1H3. The van der Waals surface area contributed by atoms with Gasteiger partial charge in [0, 0.05) is 0 Å². The lowest BCUT2D eigenvalue weighted by Gasteiger charge is -2.07. The SMILES string of the molecule is CCS(=O)(=O)c1cccc(Oc2ccccc2)c1. The Labute approximate surface area is 107 Å². The van der Waals surface area contributed by atoms with Gasteiger partial charge in [-0.05, 0) is 30.3 Å². The van der Waals surface area contributed by atoms with Crippen LogP contribution in [0.2, 0.25) is 0 Å². The second-order valence-electron chi connectivity index (χ2n) is 3.79. The molecular weight excluding hydrogens is 248 g/mol. The molecule has 0 saturated heterocycles. The minimum absolute atomic E-state index is 0.0851. The van der Waals surface area contributed by atoms with Gasteiger partial charge in [-0.25, -0.2) is 8.42 Å². The molecule has 0 aliphatic heterocycles. The van der Waals surface area contributed by atoms with Gasteiger partial charge in [-0.2, -0.15) is 0 Å². The smallest absolute Gasteiger partial charge is 0.178 e. The minimum atomic E-state index is -3.19. The van der Waals surface area contributed by atoms with Crippen LogP contribution in [0.5, 0.6) is 11.5 Å². The van der Waals surface area contributed by atoms with Gasteiger partial charge in [0.1, 0.15) is 11.5 Å². The lowest BCUT2D eigenvalue weighted by Crippen LogP contribution is -2.03. The molecule has 2 rings (SSSR count). The van der Waals surface area contributed by atoms with Gasteiger partial charge in [0.2, 0.25) is 0 Å². The summed E-state index contributed by atoms with van der Waals surface area (Å²) in [5, 5.41) is 0. The zero-order valence-corrected chi connectivity index (χ0v) is 10.9. The molecule has 0 spiro atoms. The summed E-state index contributed by atoms with van der Waals surface area (Å²) < 4.78 is 29.1. The van der Waals surface area contributed by atoms with Gasteiger partial charge in [0.05, 0.1) is 10.6 Å². The van der Waals surface area contributed by atoms with Crippen molar-refractivity contribution in [1.82, 2.24) is 0 Å². The number of rotatable bonds is 4. The molecule has 0 fully saturated rings. The fourth-order valence-electron chi connectivity index (χ4n) is 1.52. The maximum atomic E-state index is 11.8. The molecule has 94 valence electrons. The Kier molecular flexibility index (Phi) is 3.67. The van der Waals surface area contributed by atoms with E-state index < -0.39 is 9.84 Å². The fourth-order valence-corrected chi connectivity index (χ4v) is 2.44. The summed E-state index contributed by atoms with van der Waals surface area (Å²) in [5.41, 5.74) is 0. The van der Waals surface area contributed by atoms with Gasteiger partial charge in [0.15, 0.2) is 9.84 Å². The van der Waals surface area contributed by atoms with Gasteiger partial charge in [-0.1, -0.05) is 31.2 Å². The number of hydrogen-bond acceptors (Lipinski definition) is 3. The lowest BCUT2D eigenvalue weighted by atomic mass is 10.3. The zero-order valence-electron chi connectivity index (χ0n) is 10.0. The summed E-state index contributed by atoms with van der Waals surface area (Å²) in [6.45, 7) is 1.63. The molecule has 0 bridgehead atoms. The highest BCUT2D eigenvalue weighted by atomic mass is 32.2. The monoisotopic (exact) mass is 262 g/mol. The molecule has 0 aliphatic rings. The molecule has 4 heteroatoms. The van der Waals surface area contributed by atoms with Crippen LogP contribution in [0, 0.1) is 0 Å². The highest BCUT2D eigenvalue weighted by molar-refractivity contribution is 7.91. The van der Waals surface area contributed by atoms with E-state index in [2.05, 4.69) is 0 Å². The quantitative estimate of drug-likeness (QED) is 0.849. The molecule has 0 aliphatic carbocycles. The third-order valence-electron chi connectivity index (χ3n) is 2.52. The molecule has 0 heterocycles. The van der Waals surface area contributed by atoms with Crippen molar-refractivity contribution in [2.24, 2.45) is 0 Å². The summed E-state index contributed by atoms with van der Waals surface area (Å²) in [6.07, 6.45) is 0. The van der Waals surface area contributed by atoms with Crippen molar-refractivity contribution in [2.75, 3.05) is 5.75 Å². The van der Waals surface area contributed by atoms with E-state index in [1.807, 2.05) is 30.3 Å². The van der Waals surface area contributed by atoms with Crippen LogP contribution < -0.4 is 4.74 Å². The van der Waals surface area contributed by atoms with Crippen molar-refractivity contribution >= 4 is 9.84 Å². The van der Waals surface area contributed by atoms with Gasteiger partial charge < -0.3 is 4.74 Å². The first-order valence-electron chi connectivity index (χ1n) is 5.67. The van der Waals surface area contributed by atoms with Crippen molar-refractivity contribution in [3.8, 4) is 11.5 Å². The normalized spacial score (nSPS) is 11.2. The van der Waals surface area contributed by atoms with E-state index >= 15 is 0 Å². The Bertz CT molecular complexity index is 618. The predicted octanol–water partition coefficient (Wildman–Crippen LogP) is 3.27. The van der Waals surface area contributed by atoms with E-state index in [0.29, 0.717) is 16.4 Å². The number of benzene rings is 2. The van der Waals surface area contributed by atoms with Gasteiger partial charge in [-0.3, -0.25) is 0 Å². The summed E-state index contributed by atoms with van der Waals surface area (Å²) >= 11 is 0. The van der Waals surface area contributed by atoms with E-state index in [4.69, 9.17) is 4.74 Å². The van der Waals surface area contributed by atoms with Crippen molar-refractivity contribution in [2.45, 2.75) is 11.8 Å². The molecule has 0 aromatic heterocycles. The van der Waals surface area contributed by atoms with Gasteiger partial charge in [0.25, 0.3) is 0 Å². The van der Waals surface area contributed by atoms with Crippen LogP contribution in [-0.2, 0) is 9.84 Å². The summed E-state index contributed by atoms with van der Waals surface area (Å²) in [4.78, 5) is 0.290. The molecule has 0 N–H and O–H groups in total. The Morgan fingerprint density at radius 2 is 1.61 bits per heavy atom. The van der Waals surface area contributed by atoms with Crippen LogP contribution >= 0.6 is 0 Å². The summed E-state index contributed by atoms with van der Waals surface area (Å²) in [5.74, 6) is 1.29. The summed E-state index contributed by atoms with van der Waals surface area (Å²) in [7, 11) is -3.19. The van der Waals surface area contributed by atoms with Crippen LogP contribution in [0.1, 0.15) is 6.92 Å². The van der Waals surface area contributed by atoms with Crippen LogP contribution in [0.3, 0.4) is 0 Å². The van der Waals surface area contributed by atoms with E-state index in [1.165, 1.54) is 0 Å². The van der Waals surface area contributed by atoms with E-state index in [9.17, 15) is 8.42 Å². The zero-order chi connectivity index (χ0) is 13.0. The number of sulfone groups is 1. The van der Waals surface area contributed by atoms with Gasteiger partial charge >= 0.3 is 0 Å². The second kappa shape index (κ2) is 5.23. The van der Waals surface area contributed by atoms with Gasteiger partial charge in [-0.15, -0.1) is 0 Å². The number of para-hydroxylation sites is 1. The van der Waals surface area contributed by atoms with Crippen LogP contribution in [0.4, 0.5) is 0 Å². The molecular formula is C14H14O3S. The highest BCUT2D eigenvalue weighted by Gasteiger charge is 2.12. The van der Waals surface area contributed by atoms with E-state index in [1.54, 1.807) is 31.2 Å². The molecule has 0 atom stereocenters. The summed E-state index contributed by atoms with van der Waals surface area (Å²) in [6, 6.07) is 15.8. The number of ether oxygens (including phenoxy) is 1. The third-order valence-corrected chi connectivity index (χ3v) is 4.26. The van der Waals surface area contributed by atoms with Crippen molar-refractivity contribution in [3.05, 3.63) is 54.6 Å². The second-order valence-corrected chi connectivity index (χ2v) is 6.07. The molecule has 2 aromatic carbocycles. The third kappa shape index (κ3) is 2.90. The Morgan fingerprint density at radius 1 is 0.944 bits per heavy atom. The molecule has 3 nitrogen and oxygen atoms in total. The van der Waals surface area contributed by atoms with Crippen molar-refractivity contribution in [1.29, 1.82) is 0 Å². The molecule has 0 saturated carbocycles. The molecule has 0 radical (unpaired) electrons. The predicted molar refractivity (Wildman–Crippen MR) is 70.7 cm³/mol. The topological polar surface area (TPSA) is 43.4 Å². The van der Waals surface area contributed by atoms with Crippen LogP contribution in [-0.4, -0.2) is 14.2 Å². The fraction of sp³-hybridized carbons (Fsp3) is 0.143. The Balaban J connectivity index is 2.29. The van der Waals surface area contributed by atoms with E-state index in [0.717, 1.165) is 0 Å². The largest absolute Gasteiger partial charge is 0.457 e. The Hall–Kier alpha value is -1.81. The first-order valence-corrected chi connectivity index (χ1v) is 7.33. The molecule has 2 aromatic rings. The average molecular weight is 262 g/mol. The highest BCUT2D eigenvalue weighted by Crippen LogP contribution is 2.24. The Morgan fingerprint density at radius 3 is 2.28 bits per heavy atom. The van der Waals surface area contributed by atoms with Crippen LogP contribution in [0.25, 0.3) is 0 Å². The van der Waals surface area contributed by atoms with Crippen LogP contribution in [0.15, 0.2) is 59.5 Å². The number of hydrogen-bond donors (Lipinski definition) is 0. The molecule has 0 amide bonds. The first kappa shape index (κ1) is 12.6. The minimum Gasteiger partial charge on any atom is -0.457 e. The maximum Gasteiger partial charge on any atom is 0.178 e. The first-order chi connectivity index (χ1) is 8.62. The van der Waals surface area contributed by atoms with E-state index in [-0.39, 0.29) is 5.75 Å².